The maximum absolute atomic E-state index is 9.94. The van der Waals surface area contributed by atoms with Gasteiger partial charge in [-0.05, 0) is 6.92 Å². The summed E-state index contributed by atoms with van der Waals surface area (Å²) in [5.74, 6) is 0. The lowest BCUT2D eigenvalue weighted by molar-refractivity contribution is -0.340. The summed E-state index contributed by atoms with van der Waals surface area (Å²) in [4.78, 5) is 0. The Kier molecular flexibility index (Phi) is 8.90. The van der Waals surface area contributed by atoms with E-state index in [4.69, 9.17) is 24.4 Å². The predicted octanol–water partition coefficient (Wildman–Crippen LogP) is -4.76. The lowest BCUT2D eigenvalue weighted by Gasteiger charge is -2.42. The van der Waals surface area contributed by atoms with E-state index in [1.54, 1.807) is 0 Å². The molecule has 1 aliphatic heterocycles. The molecule has 9 atom stereocenters. The Morgan fingerprint density at radius 2 is 1.62 bits per heavy atom. The van der Waals surface area contributed by atoms with Gasteiger partial charge in [-0.15, -0.1) is 0 Å². The fraction of sp³-hybridized carbons (Fsp3) is 1.00. The summed E-state index contributed by atoms with van der Waals surface area (Å²) in [5.41, 5.74) is 0. The SMILES string of the molecule is CC(O)C(O)C(OC1OC(CO)C(O)C(O)C1O)C(O)OCCO. The van der Waals surface area contributed by atoms with Crippen LogP contribution in [0, 0.1) is 0 Å². The van der Waals surface area contributed by atoms with Crippen molar-refractivity contribution < 1.29 is 55.1 Å². The molecule has 1 rings (SSSR count). The first kappa shape index (κ1) is 21.6. The predicted molar refractivity (Wildman–Crippen MR) is 75.4 cm³/mol. The van der Waals surface area contributed by atoms with E-state index < -0.39 is 68.5 Å². The van der Waals surface area contributed by atoms with Crippen LogP contribution in [-0.2, 0) is 14.2 Å². The quantitative estimate of drug-likeness (QED) is 0.185. The third-order valence-corrected chi connectivity index (χ3v) is 3.63. The van der Waals surface area contributed by atoms with Gasteiger partial charge in [0.15, 0.2) is 12.6 Å². The maximum Gasteiger partial charge on any atom is 0.187 e. The first-order chi connectivity index (χ1) is 11.2. The van der Waals surface area contributed by atoms with Crippen LogP contribution >= 0.6 is 0 Å². The van der Waals surface area contributed by atoms with E-state index >= 15 is 0 Å². The molecule has 8 N–H and O–H groups in total. The Labute approximate surface area is 138 Å². The van der Waals surface area contributed by atoms with Crippen molar-refractivity contribution in [2.45, 2.75) is 62.2 Å². The van der Waals surface area contributed by atoms with Gasteiger partial charge in [0.25, 0.3) is 0 Å². The highest BCUT2D eigenvalue weighted by atomic mass is 16.7. The molecule has 0 radical (unpaired) electrons. The molecular weight excluding hydrogens is 332 g/mol. The molecule has 0 amide bonds. The van der Waals surface area contributed by atoms with Crippen molar-refractivity contribution >= 4 is 0 Å². The molecule has 11 nitrogen and oxygen atoms in total. The van der Waals surface area contributed by atoms with Gasteiger partial charge in [0.2, 0.25) is 0 Å². The summed E-state index contributed by atoms with van der Waals surface area (Å²) in [6.45, 7) is -0.179. The smallest absolute Gasteiger partial charge is 0.187 e. The van der Waals surface area contributed by atoms with Gasteiger partial charge < -0.3 is 55.1 Å². The van der Waals surface area contributed by atoms with Crippen molar-refractivity contribution in [3.05, 3.63) is 0 Å². The van der Waals surface area contributed by atoms with Crippen molar-refractivity contribution in [3.63, 3.8) is 0 Å². The van der Waals surface area contributed by atoms with E-state index in [2.05, 4.69) is 0 Å². The number of ether oxygens (including phenoxy) is 3. The van der Waals surface area contributed by atoms with Crippen molar-refractivity contribution in [1.29, 1.82) is 0 Å². The molecule has 24 heavy (non-hydrogen) atoms. The van der Waals surface area contributed by atoms with Gasteiger partial charge in [0, 0.05) is 0 Å². The summed E-state index contributed by atoms with van der Waals surface area (Å²) in [6, 6.07) is 0. The Bertz CT molecular complexity index is 353. The fourth-order valence-corrected chi connectivity index (χ4v) is 2.19. The highest BCUT2D eigenvalue weighted by molar-refractivity contribution is 4.90. The first-order valence-electron chi connectivity index (χ1n) is 7.47. The summed E-state index contributed by atoms with van der Waals surface area (Å²) in [6.07, 6.45) is -14.4. The molecule has 0 aliphatic carbocycles. The summed E-state index contributed by atoms with van der Waals surface area (Å²) in [7, 11) is 0. The largest absolute Gasteiger partial charge is 0.394 e. The molecule has 9 unspecified atom stereocenters. The highest BCUT2D eigenvalue weighted by Crippen LogP contribution is 2.25. The minimum absolute atomic E-state index is 0.289. The molecule has 1 heterocycles. The van der Waals surface area contributed by atoms with E-state index in [0.717, 1.165) is 0 Å². The van der Waals surface area contributed by atoms with E-state index in [0.29, 0.717) is 0 Å². The van der Waals surface area contributed by atoms with Crippen molar-refractivity contribution in [3.8, 4) is 0 Å². The average molecular weight is 358 g/mol. The van der Waals surface area contributed by atoms with E-state index in [1.165, 1.54) is 6.92 Å². The van der Waals surface area contributed by atoms with Gasteiger partial charge in [0.05, 0.1) is 25.9 Å². The van der Waals surface area contributed by atoms with Crippen molar-refractivity contribution in [2.75, 3.05) is 19.8 Å². The molecule has 1 saturated heterocycles. The molecule has 1 aliphatic rings. The van der Waals surface area contributed by atoms with Crippen molar-refractivity contribution in [2.24, 2.45) is 0 Å². The Hall–Kier alpha value is -0.440. The monoisotopic (exact) mass is 358 g/mol. The normalized spacial score (nSPS) is 36.1. The summed E-state index contributed by atoms with van der Waals surface area (Å²) >= 11 is 0. The molecule has 1 fully saturated rings. The highest BCUT2D eigenvalue weighted by Gasteiger charge is 2.46. The summed E-state index contributed by atoms with van der Waals surface area (Å²) < 4.78 is 15.1. The molecule has 0 spiro atoms. The lowest BCUT2D eigenvalue weighted by Crippen LogP contribution is -2.61. The zero-order valence-electron chi connectivity index (χ0n) is 13.1. The van der Waals surface area contributed by atoms with Crippen LogP contribution in [0.4, 0.5) is 0 Å². The molecular formula is C13H26O11. The van der Waals surface area contributed by atoms with Gasteiger partial charge >= 0.3 is 0 Å². The number of hydrogen-bond acceptors (Lipinski definition) is 11. The minimum Gasteiger partial charge on any atom is -0.394 e. The number of hydrogen-bond donors (Lipinski definition) is 8. The van der Waals surface area contributed by atoms with Crippen LogP contribution in [0.15, 0.2) is 0 Å². The second kappa shape index (κ2) is 9.89. The molecule has 0 aromatic carbocycles. The van der Waals surface area contributed by atoms with E-state index in [-0.39, 0.29) is 6.61 Å². The van der Waals surface area contributed by atoms with Crippen LogP contribution in [0.5, 0.6) is 0 Å². The molecule has 0 aromatic rings. The maximum atomic E-state index is 9.94. The number of rotatable bonds is 9. The molecule has 11 heteroatoms. The zero-order valence-corrected chi connectivity index (χ0v) is 13.1. The topological polar surface area (TPSA) is 190 Å². The Morgan fingerprint density at radius 3 is 2.12 bits per heavy atom. The van der Waals surface area contributed by atoms with Crippen LogP contribution in [0.3, 0.4) is 0 Å². The molecule has 144 valence electrons. The van der Waals surface area contributed by atoms with Gasteiger partial charge in [0.1, 0.15) is 36.6 Å². The van der Waals surface area contributed by atoms with Crippen LogP contribution in [0.25, 0.3) is 0 Å². The Balaban J connectivity index is 2.87. The van der Waals surface area contributed by atoms with Gasteiger partial charge in [-0.3, -0.25) is 0 Å². The second-order valence-corrected chi connectivity index (χ2v) is 5.51. The standard InChI is InChI=1S/C13H26O11/c1-5(16)7(17)11(12(21)22-3-2-14)24-13-10(20)9(19)8(18)6(4-15)23-13/h5-21H,2-4H2,1H3. The Morgan fingerprint density at radius 1 is 1.00 bits per heavy atom. The van der Waals surface area contributed by atoms with E-state index in [1.807, 2.05) is 0 Å². The van der Waals surface area contributed by atoms with Crippen LogP contribution in [0.2, 0.25) is 0 Å². The van der Waals surface area contributed by atoms with Gasteiger partial charge in [-0.2, -0.15) is 0 Å². The van der Waals surface area contributed by atoms with Gasteiger partial charge in [-0.1, -0.05) is 0 Å². The van der Waals surface area contributed by atoms with E-state index in [9.17, 15) is 30.6 Å². The molecule has 0 saturated carbocycles. The average Bonchev–Trinajstić information content (AvgIpc) is 2.56. The molecule has 0 bridgehead atoms. The van der Waals surface area contributed by atoms with Crippen LogP contribution in [0.1, 0.15) is 6.92 Å². The number of aliphatic hydroxyl groups is 8. The molecule has 0 aromatic heterocycles. The minimum atomic E-state index is -1.80. The van der Waals surface area contributed by atoms with Crippen molar-refractivity contribution in [1.82, 2.24) is 0 Å². The second-order valence-electron chi connectivity index (χ2n) is 5.51. The third kappa shape index (κ3) is 5.28. The first-order valence-corrected chi connectivity index (χ1v) is 7.47. The van der Waals surface area contributed by atoms with Gasteiger partial charge in [-0.25, -0.2) is 0 Å². The zero-order chi connectivity index (χ0) is 18.4. The van der Waals surface area contributed by atoms with Crippen LogP contribution in [-0.4, -0.2) is 116 Å². The van der Waals surface area contributed by atoms with Crippen LogP contribution < -0.4 is 0 Å². The lowest BCUT2D eigenvalue weighted by atomic mass is 9.99. The fourth-order valence-electron chi connectivity index (χ4n) is 2.19. The third-order valence-electron chi connectivity index (χ3n) is 3.63. The number of aliphatic hydroxyl groups excluding tert-OH is 8. The summed E-state index contributed by atoms with van der Waals surface area (Å²) in [5, 5.41) is 76.4.